The van der Waals surface area contributed by atoms with Crippen molar-refractivity contribution in [3.05, 3.63) is 0 Å². The van der Waals surface area contributed by atoms with Gasteiger partial charge in [-0.2, -0.15) is 0 Å². The average molecular weight is 355 g/mol. The van der Waals surface area contributed by atoms with Crippen molar-refractivity contribution >= 4 is 7.81 Å². The summed E-state index contributed by atoms with van der Waals surface area (Å²) >= 11 is 0. The maximum Gasteiger partial charge on any atom is 0 e. The molecule has 2 aliphatic carbocycles. The molecule has 0 unspecified atom stereocenters. The van der Waals surface area contributed by atoms with Crippen LogP contribution in [0.5, 0.6) is 0 Å². The Bertz CT molecular complexity index is 186. The van der Waals surface area contributed by atoms with Gasteiger partial charge in [0.25, 0.3) is 0 Å². The van der Waals surface area contributed by atoms with E-state index in [1.807, 2.05) is 0 Å². The van der Waals surface area contributed by atoms with Crippen molar-refractivity contribution in [1.29, 1.82) is 0 Å². The summed E-state index contributed by atoms with van der Waals surface area (Å²) in [5.41, 5.74) is 0. The maximum absolute atomic E-state index is 10.7. The van der Waals surface area contributed by atoms with Gasteiger partial charge >= 0.3 is 33.0 Å². The van der Waals surface area contributed by atoms with Crippen LogP contribution >= 0.6 is 7.81 Å². The largest absolute Gasteiger partial charge is 0 e. The van der Waals surface area contributed by atoms with E-state index in [2.05, 4.69) is 0 Å². The molecule has 0 bridgehead atoms. The second-order valence-electron chi connectivity index (χ2n) is 4.85. The summed E-state index contributed by atoms with van der Waals surface area (Å²) in [5.74, 6) is 0. The zero-order valence-electron chi connectivity index (χ0n) is 10.8. The van der Waals surface area contributed by atoms with E-state index in [9.17, 15) is 25.2 Å². The molecule has 0 saturated heterocycles. The molecule has 122 valence electrons. The van der Waals surface area contributed by atoms with Crippen molar-refractivity contribution in [1.82, 2.24) is 0 Å². The van der Waals surface area contributed by atoms with Gasteiger partial charge in [0, 0.05) is 17.1 Å². The van der Waals surface area contributed by atoms with Crippen LogP contribution < -0.4 is 0 Å². The van der Waals surface area contributed by atoms with Crippen molar-refractivity contribution in [2.45, 2.75) is 70.6 Å². The van der Waals surface area contributed by atoms with Crippen molar-refractivity contribution in [2.75, 3.05) is 0 Å². The second kappa shape index (κ2) is 8.09. The second-order valence-corrected chi connectivity index (χ2v) is 6.76. The molecule has 2 rings (SSSR count). The van der Waals surface area contributed by atoms with Crippen LogP contribution in [-0.2, 0) is 17.1 Å². The Morgan fingerprint density at radius 1 is 0.368 bits per heavy atom. The zero-order valence-corrected chi connectivity index (χ0v) is 12.8. The summed E-state index contributed by atoms with van der Waals surface area (Å²) in [4.78, 5) is 0. The van der Waals surface area contributed by atoms with Gasteiger partial charge in [-0.1, -0.05) is 70.6 Å². The molecule has 0 aromatic carbocycles. The molecule has 0 spiro atoms. The van der Waals surface area contributed by atoms with E-state index in [1.54, 1.807) is 0 Å². The fraction of sp³-hybridized carbons (Fsp3) is 1.00. The van der Waals surface area contributed by atoms with Gasteiger partial charge in [0.05, 0.1) is 0 Å². The van der Waals surface area contributed by atoms with Crippen LogP contribution in [0.3, 0.4) is 0 Å². The van der Waals surface area contributed by atoms with E-state index >= 15 is 0 Å². The summed E-state index contributed by atoms with van der Waals surface area (Å²) in [6.45, 7) is 0. The van der Waals surface area contributed by atoms with Crippen LogP contribution in [0.4, 0.5) is 25.2 Å². The van der Waals surface area contributed by atoms with Gasteiger partial charge in [-0.15, -0.1) is 0 Å². The average Bonchev–Trinajstić information content (AvgIpc) is 2.73. The van der Waals surface area contributed by atoms with Gasteiger partial charge in [-0.25, -0.2) is 0 Å². The summed E-state index contributed by atoms with van der Waals surface area (Å²) in [5, 5.41) is 0. The van der Waals surface area contributed by atoms with Crippen LogP contribution in [-0.4, -0.2) is 0 Å². The van der Waals surface area contributed by atoms with E-state index < -0.39 is 7.81 Å². The van der Waals surface area contributed by atoms with Crippen LogP contribution in [0.15, 0.2) is 0 Å². The fourth-order valence-electron chi connectivity index (χ4n) is 1.94. The Labute approximate surface area is 121 Å². The predicted molar refractivity (Wildman–Crippen MR) is 64.4 cm³/mol. The first-order chi connectivity index (χ1) is 7.95. The summed E-state index contributed by atoms with van der Waals surface area (Å²) in [6, 6.07) is 0. The SMILES string of the molecule is C1CCCC1.C1CCCCC1.F[P-](F)(F)(F)(F)F.[Fe]. The summed E-state index contributed by atoms with van der Waals surface area (Å²) < 4.78 is 59.2. The molecule has 0 nitrogen and oxygen atoms in total. The van der Waals surface area contributed by atoms with Crippen LogP contribution in [0, 0.1) is 0 Å². The van der Waals surface area contributed by atoms with Crippen molar-refractivity contribution < 1.29 is 42.3 Å². The van der Waals surface area contributed by atoms with Gasteiger partial charge in [0.15, 0.2) is 0 Å². The summed E-state index contributed by atoms with van der Waals surface area (Å²) in [7, 11) is -10.7. The summed E-state index contributed by atoms with van der Waals surface area (Å²) in [6.07, 6.45) is 16.5. The Kier molecular flexibility index (Phi) is 9.29. The fourth-order valence-corrected chi connectivity index (χ4v) is 1.94. The first-order valence-corrected chi connectivity index (χ1v) is 8.54. The standard InChI is InChI=1S/C6H12.C5H10.F6P.Fe/c1-2-4-6-5-3-1;1-2-4-5-3-1;1-7(2,3,4,5)6;/h1-6H2;1-5H2;;/q;;-1;. The third-order valence-electron chi connectivity index (χ3n) is 2.75. The molecule has 19 heavy (non-hydrogen) atoms. The number of rotatable bonds is 0. The molecule has 2 saturated carbocycles. The first kappa shape index (κ1) is 21.8. The molecule has 0 amide bonds. The zero-order chi connectivity index (χ0) is 14.2. The molecule has 0 aromatic heterocycles. The topological polar surface area (TPSA) is 0 Å². The molecule has 2 aliphatic rings. The van der Waals surface area contributed by atoms with Crippen molar-refractivity contribution in [2.24, 2.45) is 0 Å². The number of halogens is 6. The molecular formula is C11H22F6FeP-. The van der Waals surface area contributed by atoms with Gasteiger partial charge in [-0.3, -0.25) is 0 Å². The van der Waals surface area contributed by atoms with E-state index in [0.29, 0.717) is 0 Å². The Balaban J connectivity index is 0. The third-order valence-corrected chi connectivity index (χ3v) is 2.75. The molecule has 0 N–H and O–H groups in total. The molecule has 0 heterocycles. The maximum atomic E-state index is 9.87. The minimum Gasteiger partial charge on any atom is 0 e. The number of hydrogen-bond acceptors (Lipinski definition) is 0. The van der Waals surface area contributed by atoms with Crippen LogP contribution in [0.25, 0.3) is 0 Å². The van der Waals surface area contributed by atoms with Crippen molar-refractivity contribution in [3.63, 3.8) is 0 Å². The van der Waals surface area contributed by atoms with Gasteiger partial charge in [0.1, 0.15) is 0 Å². The quantitative estimate of drug-likeness (QED) is 0.238. The van der Waals surface area contributed by atoms with Crippen LogP contribution in [0.2, 0.25) is 0 Å². The molecule has 8 heteroatoms. The Hall–Kier alpha value is 0.529. The predicted octanol–water partition coefficient (Wildman–Crippen LogP) is 7.67. The Morgan fingerprint density at radius 2 is 0.421 bits per heavy atom. The van der Waals surface area contributed by atoms with Gasteiger partial charge in [-0.05, 0) is 0 Å². The van der Waals surface area contributed by atoms with E-state index in [4.69, 9.17) is 0 Å². The van der Waals surface area contributed by atoms with Crippen LogP contribution in [0.1, 0.15) is 70.6 Å². The van der Waals surface area contributed by atoms with E-state index in [1.165, 1.54) is 70.6 Å². The molecule has 0 aliphatic heterocycles. The van der Waals surface area contributed by atoms with E-state index in [-0.39, 0.29) is 17.1 Å². The minimum absolute atomic E-state index is 0. The monoisotopic (exact) mass is 355 g/mol. The molecule has 2 fully saturated rings. The molecule has 0 aromatic rings. The van der Waals surface area contributed by atoms with E-state index in [0.717, 1.165) is 0 Å². The molecular weight excluding hydrogens is 333 g/mol. The first-order valence-electron chi connectivity index (χ1n) is 6.51. The van der Waals surface area contributed by atoms with Gasteiger partial charge in [0.2, 0.25) is 0 Å². The normalized spacial score (nSPS) is 22.4. The number of hydrogen-bond donors (Lipinski definition) is 0. The minimum atomic E-state index is -10.7. The third kappa shape index (κ3) is 38.1. The molecule has 0 radical (unpaired) electrons. The smallest absolute Gasteiger partial charge is 0 e. The van der Waals surface area contributed by atoms with Gasteiger partial charge < -0.3 is 0 Å². The molecule has 0 atom stereocenters. The Morgan fingerprint density at radius 3 is 0.474 bits per heavy atom. The van der Waals surface area contributed by atoms with Crippen molar-refractivity contribution in [3.8, 4) is 0 Å².